The molecule has 146 valence electrons. The highest BCUT2D eigenvalue weighted by Gasteiger charge is 2.21. The highest BCUT2D eigenvalue weighted by atomic mass is 16.5. The molecule has 2 heterocycles. The van der Waals surface area contributed by atoms with E-state index < -0.39 is 0 Å². The Morgan fingerprint density at radius 3 is 2.93 bits per heavy atom. The van der Waals surface area contributed by atoms with Crippen LogP contribution in [0, 0.1) is 0 Å². The minimum absolute atomic E-state index is 0.253. The first-order valence-electron chi connectivity index (χ1n) is 10.4. The van der Waals surface area contributed by atoms with E-state index in [-0.39, 0.29) is 6.04 Å². The van der Waals surface area contributed by atoms with Gasteiger partial charge in [0.25, 0.3) is 0 Å². The van der Waals surface area contributed by atoms with Crippen LogP contribution < -0.4 is 10.1 Å². The van der Waals surface area contributed by atoms with Crippen LogP contribution in [0.15, 0.2) is 42.7 Å². The van der Waals surface area contributed by atoms with E-state index in [2.05, 4.69) is 46.5 Å². The maximum Gasteiger partial charge on any atom is 0.214 e. The number of hydrogen-bond donors (Lipinski definition) is 1. The van der Waals surface area contributed by atoms with E-state index in [1.165, 1.54) is 36.8 Å². The molecule has 0 bridgehead atoms. The van der Waals surface area contributed by atoms with Gasteiger partial charge in [-0.2, -0.15) is 0 Å². The third kappa shape index (κ3) is 4.24. The monoisotopic (exact) mass is 376 g/mol. The van der Waals surface area contributed by atoms with Crippen LogP contribution >= 0.6 is 0 Å². The summed E-state index contributed by atoms with van der Waals surface area (Å²) >= 11 is 0. The van der Waals surface area contributed by atoms with Gasteiger partial charge in [-0.25, -0.2) is 15.0 Å². The van der Waals surface area contributed by atoms with Gasteiger partial charge in [0.05, 0.1) is 18.2 Å². The second-order valence-electron chi connectivity index (χ2n) is 7.44. The van der Waals surface area contributed by atoms with Gasteiger partial charge in [0.15, 0.2) is 5.82 Å². The lowest BCUT2D eigenvalue weighted by atomic mass is 9.88. The van der Waals surface area contributed by atoms with Gasteiger partial charge in [0.2, 0.25) is 5.88 Å². The molecule has 0 unspecified atom stereocenters. The standard InChI is InChI=1S/C23H28N4O/c1-2-3-4-7-15-28-21-14-13-20-22(27-21)23(25-16-24-20)26-19-12-8-10-17-9-5-6-11-18(17)19/h5-6,9,11,13-14,16,19H,2-4,7-8,10,12,15H2,1H3,(H,24,25,26)/t19-/m0/s1. The van der Waals surface area contributed by atoms with E-state index in [0.29, 0.717) is 12.5 Å². The first kappa shape index (κ1) is 18.7. The number of ether oxygens (including phenoxy) is 1. The molecule has 0 amide bonds. The van der Waals surface area contributed by atoms with Crippen LogP contribution in [0.25, 0.3) is 11.0 Å². The van der Waals surface area contributed by atoms with E-state index in [9.17, 15) is 0 Å². The van der Waals surface area contributed by atoms with Gasteiger partial charge < -0.3 is 10.1 Å². The fraction of sp³-hybridized carbons (Fsp3) is 0.435. The quantitative estimate of drug-likeness (QED) is 0.528. The molecule has 5 nitrogen and oxygen atoms in total. The summed E-state index contributed by atoms with van der Waals surface area (Å²) in [5.74, 6) is 1.43. The Kier molecular flexibility index (Phi) is 6.00. The van der Waals surface area contributed by atoms with Crippen molar-refractivity contribution in [1.29, 1.82) is 0 Å². The van der Waals surface area contributed by atoms with Gasteiger partial charge in [-0.3, -0.25) is 0 Å². The van der Waals surface area contributed by atoms with Gasteiger partial charge in [0.1, 0.15) is 11.8 Å². The SMILES string of the molecule is CCCCCCOc1ccc2ncnc(N[C@H]3CCCc4ccccc43)c2n1. The fourth-order valence-corrected chi connectivity index (χ4v) is 3.88. The molecule has 28 heavy (non-hydrogen) atoms. The molecular formula is C23H28N4O. The zero-order valence-electron chi connectivity index (χ0n) is 16.5. The molecule has 1 aliphatic carbocycles. The third-order valence-corrected chi connectivity index (χ3v) is 5.38. The number of rotatable bonds is 8. The van der Waals surface area contributed by atoms with Crippen LogP contribution in [0.5, 0.6) is 5.88 Å². The topological polar surface area (TPSA) is 59.9 Å². The molecule has 0 aliphatic heterocycles. The van der Waals surface area contributed by atoms with Crippen LogP contribution in [-0.4, -0.2) is 21.6 Å². The number of aromatic nitrogens is 3. The second-order valence-corrected chi connectivity index (χ2v) is 7.44. The molecule has 0 saturated carbocycles. The zero-order valence-corrected chi connectivity index (χ0v) is 16.5. The van der Waals surface area contributed by atoms with Gasteiger partial charge in [-0.1, -0.05) is 50.5 Å². The van der Waals surface area contributed by atoms with E-state index >= 15 is 0 Å². The van der Waals surface area contributed by atoms with Gasteiger partial charge in [0, 0.05) is 6.07 Å². The number of nitrogens with zero attached hydrogens (tertiary/aromatic N) is 3. The summed E-state index contributed by atoms with van der Waals surface area (Å²) in [6.45, 7) is 2.91. The molecule has 3 aromatic rings. The van der Waals surface area contributed by atoms with Crippen LogP contribution in [-0.2, 0) is 6.42 Å². The Balaban J connectivity index is 1.53. The van der Waals surface area contributed by atoms with Crippen molar-refractivity contribution in [3.8, 4) is 5.88 Å². The second kappa shape index (κ2) is 9.00. The first-order chi connectivity index (χ1) is 13.8. The van der Waals surface area contributed by atoms with E-state index in [1.54, 1.807) is 6.33 Å². The summed E-state index contributed by atoms with van der Waals surface area (Å²) in [7, 11) is 0. The Bertz CT molecular complexity index is 927. The number of nitrogens with one attached hydrogen (secondary N) is 1. The van der Waals surface area contributed by atoms with E-state index in [1.807, 2.05) is 12.1 Å². The molecule has 0 radical (unpaired) electrons. The van der Waals surface area contributed by atoms with Crippen molar-refractivity contribution in [3.05, 3.63) is 53.9 Å². The number of pyridine rings is 1. The van der Waals surface area contributed by atoms with Crippen LogP contribution in [0.1, 0.15) is 62.6 Å². The number of fused-ring (bicyclic) bond motifs is 2. The molecule has 2 aromatic heterocycles. The van der Waals surface area contributed by atoms with Crippen LogP contribution in [0.2, 0.25) is 0 Å². The van der Waals surface area contributed by atoms with Crippen molar-refractivity contribution in [2.75, 3.05) is 11.9 Å². The molecule has 1 atom stereocenters. The Morgan fingerprint density at radius 2 is 2.00 bits per heavy atom. The molecule has 0 fully saturated rings. The number of anilines is 1. The Morgan fingerprint density at radius 1 is 1.07 bits per heavy atom. The molecule has 1 aromatic carbocycles. The van der Waals surface area contributed by atoms with Crippen molar-refractivity contribution < 1.29 is 4.74 Å². The van der Waals surface area contributed by atoms with Crippen LogP contribution in [0.3, 0.4) is 0 Å². The summed E-state index contributed by atoms with van der Waals surface area (Å²) in [6.07, 6.45) is 9.75. The minimum Gasteiger partial charge on any atom is -0.478 e. The highest BCUT2D eigenvalue weighted by Crippen LogP contribution is 2.33. The van der Waals surface area contributed by atoms with Crippen molar-refractivity contribution in [3.63, 3.8) is 0 Å². The van der Waals surface area contributed by atoms with Crippen molar-refractivity contribution >= 4 is 16.9 Å². The summed E-state index contributed by atoms with van der Waals surface area (Å²) in [4.78, 5) is 13.6. The predicted molar refractivity (Wildman–Crippen MR) is 113 cm³/mol. The lowest BCUT2D eigenvalue weighted by Gasteiger charge is -2.27. The number of benzene rings is 1. The Hall–Kier alpha value is -2.69. The number of unbranched alkanes of at least 4 members (excludes halogenated alkanes) is 3. The summed E-state index contributed by atoms with van der Waals surface area (Å²) in [5, 5.41) is 3.62. The molecule has 1 N–H and O–H groups in total. The molecule has 1 aliphatic rings. The summed E-state index contributed by atoms with van der Waals surface area (Å²) in [5.41, 5.74) is 4.40. The number of hydrogen-bond acceptors (Lipinski definition) is 5. The van der Waals surface area contributed by atoms with Crippen molar-refractivity contribution in [2.45, 2.75) is 57.9 Å². The average Bonchev–Trinajstić information content (AvgIpc) is 2.74. The maximum atomic E-state index is 5.87. The number of aryl methyl sites for hydroxylation is 1. The molecular weight excluding hydrogens is 348 g/mol. The zero-order chi connectivity index (χ0) is 19.2. The molecule has 5 heteroatoms. The predicted octanol–water partition coefficient (Wildman–Crippen LogP) is 5.47. The first-order valence-corrected chi connectivity index (χ1v) is 10.4. The van der Waals surface area contributed by atoms with Crippen molar-refractivity contribution in [2.24, 2.45) is 0 Å². The average molecular weight is 377 g/mol. The van der Waals surface area contributed by atoms with Crippen LogP contribution in [0.4, 0.5) is 5.82 Å². The fourth-order valence-electron chi connectivity index (χ4n) is 3.88. The summed E-state index contributed by atoms with van der Waals surface area (Å²) in [6, 6.07) is 12.8. The maximum absolute atomic E-state index is 5.87. The van der Waals surface area contributed by atoms with E-state index in [0.717, 1.165) is 36.1 Å². The Labute approximate surface area is 166 Å². The minimum atomic E-state index is 0.253. The highest BCUT2D eigenvalue weighted by molar-refractivity contribution is 5.85. The van der Waals surface area contributed by atoms with Crippen molar-refractivity contribution in [1.82, 2.24) is 15.0 Å². The van der Waals surface area contributed by atoms with Gasteiger partial charge >= 0.3 is 0 Å². The van der Waals surface area contributed by atoms with E-state index in [4.69, 9.17) is 9.72 Å². The largest absolute Gasteiger partial charge is 0.478 e. The smallest absolute Gasteiger partial charge is 0.214 e. The lowest BCUT2D eigenvalue weighted by Crippen LogP contribution is -2.18. The molecule has 0 spiro atoms. The summed E-state index contributed by atoms with van der Waals surface area (Å²) < 4.78 is 5.87. The molecule has 4 rings (SSSR count). The van der Waals surface area contributed by atoms with Gasteiger partial charge in [-0.05, 0) is 42.9 Å². The third-order valence-electron chi connectivity index (χ3n) is 5.38. The normalized spacial score (nSPS) is 16.0. The lowest BCUT2D eigenvalue weighted by molar-refractivity contribution is 0.295. The molecule has 0 saturated heterocycles. The van der Waals surface area contributed by atoms with Gasteiger partial charge in [-0.15, -0.1) is 0 Å².